The highest BCUT2D eigenvalue weighted by molar-refractivity contribution is 7.92. The van der Waals surface area contributed by atoms with E-state index in [0.717, 1.165) is 35.7 Å². The number of anilines is 2. The SMILES string of the molecule is CS(=O)(=O)Nc1ccnc(-c2cnc3[nH]ccc3c2NC2CCCN(C(=O)CC#N)C2)c1. The fourth-order valence-electron chi connectivity index (χ4n) is 3.92. The van der Waals surface area contributed by atoms with Gasteiger partial charge in [-0.3, -0.25) is 14.5 Å². The molecule has 1 unspecified atom stereocenters. The van der Waals surface area contributed by atoms with Crippen LogP contribution in [0.1, 0.15) is 19.3 Å². The summed E-state index contributed by atoms with van der Waals surface area (Å²) in [6, 6.07) is 7.06. The normalized spacial score (nSPS) is 16.5. The van der Waals surface area contributed by atoms with Gasteiger partial charge < -0.3 is 15.2 Å². The lowest BCUT2D eigenvalue weighted by Gasteiger charge is -2.34. The van der Waals surface area contributed by atoms with Crippen LogP contribution in [0.5, 0.6) is 0 Å². The standard InChI is InChI=1S/C21H23N7O3S/c1-32(30,31)27-14-5-8-23-18(11-14)17-12-25-21-16(6-9-24-21)20(17)26-15-3-2-10-28(13-15)19(29)4-7-22/h5-6,8-9,11-12,15H,2-4,10,13H2,1H3,(H,23,27)(H2,24,25,26). The number of aromatic nitrogens is 3. The first-order valence-corrected chi connectivity index (χ1v) is 12.0. The molecule has 11 heteroatoms. The molecular weight excluding hydrogens is 430 g/mol. The van der Waals surface area contributed by atoms with Gasteiger partial charge in [0.15, 0.2) is 0 Å². The molecule has 32 heavy (non-hydrogen) atoms. The zero-order valence-electron chi connectivity index (χ0n) is 17.5. The van der Waals surface area contributed by atoms with Crippen LogP contribution in [0.4, 0.5) is 11.4 Å². The number of fused-ring (bicyclic) bond motifs is 1. The molecule has 3 aromatic heterocycles. The van der Waals surface area contributed by atoms with Crippen molar-refractivity contribution in [2.24, 2.45) is 0 Å². The summed E-state index contributed by atoms with van der Waals surface area (Å²) in [5, 5.41) is 13.3. The summed E-state index contributed by atoms with van der Waals surface area (Å²) in [5.41, 5.74) is 3.19. The Kier molecular flexibility index (Phi) is 5.96. The van der Waals surface area contributed by atoms with E-state index in [1.54, 1.807) is 29.4 Å². The van der Waals surface area contributed by atoms with Crippen molar-refractivity contribution in [3.63, 3.8) is 0 Å². The molecule has 1 aliphatic heterocycles. The lowest BCUT2D eigenvalue weighted by atomic mass is 10.0. The molecule has 0 radical (unpaired) electrons. The highest BCUT2D eigenvalue weighted by Gasteiger charge is 2.25. The first kappa shape index (κ1) is 21.6. The van der Waals surface area contributed by atoms with Crippen molar-refractivity contribution in [3.05, 3.63) is 36.8 Å². The number of H-pyrrole nitrogens is 1. The van der Waals surface area contributed by atoms with Crippen LogP contribution in [0.15, 0.2) is 36.8 Å². The number of amides is 1. The third-order valence-corrected chi connectivity index (χ3v) is 5.89. The molecule has 0 bridgehead atoms. The lowest BCUT2D eigenvalue weighted by molar-refractivity contribution is -0.131. The lowest BCUT2D eigenvalue weighted by Crippen LogP contribution is -2.45. The predicted octanol–water partition coefficient (Wildman–Crippen LogP) is 2.31. The van der Waals surface area contributed by atoms with Gasteiger partial charge in [0.2, 0.25) is 15.9 Å². The highest BCUT2D eigenvalue weighted by Crippen LogP contribution is 2.34. The molecule has 1 atom stereocenters. The number of pyridine rings is 2. The molecule has 166 valence electrons. The first-order chi connectivity index (χ1) is 15.3. The van der Waals surface area contributed by atoms with Crippen molar-refractivity contribution in [1.82, 2.24) is 19.9 Å². The van der Waals surface area contributed by atoms with Crippen LogP contribution in [0.3, 0.4) is 0 Å². The Morgan fingerprint density at radius 1 is 1.38 bits per heavy atom. The van der Waals surface area contributed by atoms with Crippen molar-refractivity contribution in [2.75, 3.05) is 29.4 Å². The van der Waals surface area contributed by atoms with Crippen molar-refractivity contribution >= 4 is 38.3 Å². The number of nitrogens with one attached hydrogen (secondary N) is 3. The van der Waals surface area contributed by atoms with Gasteiger partial charge in [-0.15, -0.1) is 0 Å². The molecule has 1 saturated heterocycles. The van der Waals surface area contributed by atoms with Gasteiger partial charge in [0, 0.05) is 48.7 Å². The van der Waals surface area contributed by atoms with Gasteiger partial charge in [-0.2, -0.15) is 5.26 Å². The molecule has 0 aliphatic carbocycles. The number of hydrogen-bond donors (Lipinski definition) is 3. The average Bonchev–Trinajstić information content (AvgIpc) is 3.23. The molecule has 10 nitrogen and oxygen atoms in total. The van der Waals surface area contributed by atoms with Gasteiger partial charge in [-0.25, -0.2) is 13.4 Å². The van der Waals surface area contributed by atoms with Crippen LogP contribution in [0.2, 0.25) is 0 Å². The second-order valence-corrected chi connectivity index (χ2v) is 9.50. The number of rotatable bonds is 6. The molecule has 0 saturated carbocycles. The van der Waals surface area contributed by atoms with Crippen LogP contribution in [-0.4, -0.2) is 59.6 Å². The Morgan fingerprint density at radius 2 is 2.22 bits per heavy atom. The quantitative estimate of drug-likeness (QED) is 0.519. The molecule has 3 N–H and O–H groups in total. The number of hydrogen-bond acceptors (Lipinski definition) is 7. The summed E-state index contributed by atoms with van der Waals surface area (Å²) in [5.74, 6) is -0.165. The van der Waals surface area contributed by atoms with Gasteiger partial charge in [0.05, 0.1) is 29.4 Å². The van der Waals surface area contributed by atoms with E-state index in [0.29, 0.717) is 30.1 Å². The number of piperidine rings is 1. The summed E-state index contributed by atoms with van der Waals surface area (Å²) in [6.45, 7) is 1.14. The molecule has 1 amide bonds. The Labute approximate surface area is 185 Å². The maximum Gasteiger partial charge on any atom is 0.236 e. The van der Waals surface area contributed by atoms with Crippen molar-refractivity contribution in [3.8, 4) is 17.3 Å². The van der Waals surface area contributed by atoms with E-state index in [9.17, 15) is 13.2 Å². The number of likely N-dealkylation sites (tertiary alicyclic amines) is 1. The Hall–Kier alpha value is -3.65. The molecule has 1 fully saturated rings. The maximum atomic E-state index is 12.2. The second kappa shape index (κ2) is 8.84. The van der Waals surface area contributed by atoms with Crippen LogP contribution in [0, 0.1) is 11.3 Å². The second-order valence-electron chi connectivity index (χ2n) is 7.75. The fourth-order valence-corrected chi connectivity index (χ4v) is 4.47. The minimum atomic E-state index is -3.43. The van der Waals surface area contributed by atoms with E-state index in [1.807, 2.05) is 12.1 Å². The van der Waals surface area contributed by atoms with Gasteiger partial charge >= 0.3 is 0 Å². The Morgan fingerprint density at radius 3 is 3.00 bits per heavy atom. The third-order valence-electron chi connectivity index (χ3n) is 5.28. The van der Waals surface area contributed by atoms with Crippen LogP contribution >= 0.6 is 0 Å². The summed E-state index contributed by atoms with van der Waals surface area (Å²) in [6.07, 6.45) is 7.69. The summed E-state index contributed by atoms with van der Waals surface area (Å²) >= 11 is 0. The van der Waals surface area contributed by atoms with Gasteiger partial charge in [0.1, 0.15) is 12.1 Å². The Balaban J connectivity index is 1.68. The number of nitriles is 1. The van der Waals surface area contributed by atoms with E-state index in [-0.39, 0.29) is 18.4 Å². The number of carbonyl (C=O) groups is 1. The first-order valence-electron chi connectivity index (χ1n) is 10.2. The van der Waals surface area contributed by atoms with Crippen LogP contribution in [0.25, 0.3) is 22.3 Å². The van der Waals surface area contributed by atoms with E-state index in [4.69, 9.17) is 5.26 Å². The molecular formula is C21H23N7O3S. The molecule has 3 aromatic rings. The summed E-state index contributed by atoms with van der Waals surface area (Å²) < 4.78 is 25.7. The van der Waals surface area contributed by atoms with E-state index < -0.39 is 10.0 Å². The minimum absolute atomic E-state index is 0.0111. The average molecular weight is 454 g/mol. The van der Waals surface area contributed by atoms with Gasteiger partial charge in [-0.05, 0) is 31.0 Å². The summed E-state index contributed by atoms with van der Waals surface area (Å²) in [7, 11) is -3.43. The molecule has 0 spiro atoms. The van der Waals surface area contributed by atoms with Crippen LogP contribution in [-0.2, 0) is 14.8 Å². The van der Waals surface area contributed by atoms with Crippen molar-refractivity contribution in [1.29, 1.82) is 5.26 Å². The zero-order valence-corrected chi connectivity index (χ0v) is 18.3. The van der Waals surface area contributed by atoms with Crippen molar-refractivity contribution < 1.29 is 13.2 Å². The topological polar surface area (TPSA) is 144 Å². The number of sulfonamides is 1. The number of aromatic amines is 1. The van der Waals surface area contributed by atoms with Crippen molar-refractivity contribution in [2.45, 2.75) is 25.3 Å². The van der Waals surface area contributed by atoms with E-state index in [1.165, 1.54) is 6.20 Å². The largest absolute Gasteiger partial charge is 0.379 e. The maximum absolute atomic E-state index is 12.2. The van der Waals surface area contributed by atoms with Crippen LogP contribution < -0.4 is 10.0 Å². The monoisotopic (exact) mass is 453 g/mol. The smallest absolute Gasteiger partial charge is 0.236 e. The van der Waals surface area contributed by atoms with E-state index >= 15 is 0 Å². The summed E-state index contributed by atoms with van der Waals surface area (Å²) in [4.78, 5) is 25.9. The molecule has 1 aliphatic rings. The Bertz CT molecular complexity index is 1300. The van der Waals surface area contributed by atoms with E-state index in [2.05, 4.69) is 25.0 Å². The zero-order chi connectivity index (χ0) is 22.7. The molecule has 0 aromatic carbocycles. The predicted molar refractivity (Wildman–Crippen MR) is 121 cm³/mol. The third kappa shape index (κ3) is 4.81. The van der Waals surface area contributed by atoms with Gasteiger partial charge in [-0.1, -0.05) is 0 Å². The molecule has 4 rings (SSSR count). The highest BCUT2D eigenvalue weighted by atomic mass is 32.2. The number of nitrogens with zero attached hydrogens (tertiary/aromatic N) is 4. The fraction of sp³-hybridized carbons (Fsp3) is 0.333. The minimum Gasteiger partial charge on any atom is -0.379 e. The number of carbonyl (C=O) groups excluding carboxylic acids is 1. The molecule has 4 heterocycles. The van der Waals surface area contributed by atoms with Gasteiger partial charge in [0.25, 0.3) is 0 Å².